The SMILES string of the molecule is CCC(C)(C)C(=O)OC1CCC2C=CC(=O)OC2C1. The van der Waals surface area contributed by atoms with Crippen molar-refractivity contribution in [3.8, 4) is 0 Å². The summed E-state index contributed by atoms with van der Waals surface area (Å²) in [5.74, 6) is -0.162. The Morgan fingerprint density at radius 1 is 1.47 bits per heavy atom. The Hall–Kier alpha value is -1.32. The van der Waals surface area contributed by atoms with Gasteiger partial charge < -0.3 is 9.47 Å². The van der Waals surface area contributed by atoms with Crippen LogP contribution >= 0.6 is 0 Å². The van der Waals surface area contributed by atoms with Crippen LogP contribution in [0, 0.1) is 11.3 Å². The molecule has 0 spiro atoms. The number of ether oxygens (including phenoxy) is 2. The first kappa shape index (κ1) is 14.1. The lowest BCUT2D eigenvalue weighted by Crippen LogP contribution is -2.40. The van der Waals surface area contributed by atoms with Crippen molar-refractivity contribution in [2.45, 2.75) is 58.7 Å². The van der Waals surface area contributed by atoms with Crippen molar-refractivity contribution in [1.29, 1.82) is 0 Å². The van der Waals surface area contributed by atoms with Crippen LogP contribution in [-0.4, -0.2) is 24.1 Å². The van der Waals surface area contributed by atoms with Crippen molar-refractivity contribution < 1.29 is 19.1 Å². The predicted octanol–water partition coefficient (Wildman–Crippen LogP) is 2.62. The van der Waals surface area contributed by atoms with Gasteiger partial charge in [-0.2, -0.15) is 0 Å². The zero-order valence-corrected chi connectivity index (χ0v) is 11.8. The lowest BCUT2D eigenvalue weighted by atomic mass is 9.83. The van der Waals surface area contributed by atoms with Gasteiger partial charge in [0.15, 0.2) is 0 Å². The molecule has 1 saturated carbocycles. The van der Waals surface area contributed by atoms with E-state index >= 15 is 0 Å². The molecular formula is C15H22O4. The minimum atomic E-state index is -0.444. The highest BCUT2D eigenvalue weighted by Crippen LogP contribution is 2.33. The van der Waals surface area contributed by atoms with Gasteiger partial charge >= 0.3 is 11.9 Å². The molecule has 0 radical (unpaired) electrons. The van der Waals surface area contributed by atoms with Crippen molar-refractivity contribution in [3.05, 3.63) is 12.2 Å². The maximum Gasteiger partial charge on any atom is 0.330 e. The third-order valence-electron chi connectivity index (χ3n) is 4.25. The van der Waals surface area contributed by atoms with E-state index in [-0.39, 0.29) is 30.1 Å². The number of hydrogen-bond donors (Lipinski definition) is 0. The van der Waals surface area contributed by atoms with Crippen LogP contribution in [0.3, 0.4) is 0 Å². The molecule has 1 heterocycles. The molecule has 0 N–H and O–H groups in total. The molecule has 3 atom stereocenters. The molecule has 0 amide bonds. The Morgan fingerprint density at radius 2 is 2.21 bits per heavy atom. The summed E-state index contributed by atoms with van der Waals surface area (Å²) >= 11 is 0. The minimum Gasteiger partial charge on any atom is -0.462 e. The first-order chi connectivity index (χ1) is 8.92. The van der Waals surface area contributed by atoms with Crippen molar-refractivity contribution >= 4 is 11.9 Å². The molecule has 4 heteroatoms. The number of esters is 2. The molecule has 2 rings (SSSR count). The molecule has 19 heavy (non-hydrogen) atoms. The summed E-state index contributed by atoms with van der Waals surface area (Å²) in [5.41, 5.74) is -0.444. The summed E-state index contributed by atoms with van der Waals surface area (Å²) < 4.78 is 10.9. The third kappa shape index (κ3) is 3.17. The normalized spacial score (nSPS) is 30.5. The molecular weight excluding hydrogens is 244 g/mol. The van der Waals surface area contributed by atoms with Crippen LogP contribution in [0.4, 0.5) is 0 Å². The Labute approximate surface area is 114 Å². The van der Waals surface area contributed by atoms with Crippen LogP contribution in [0.1, 0.15) is 46.5 Å². The number of carbonyl (C=O) groups excluding carboxylic acids is 2. The molecule has 106 valence electrons. The van der Waals surface area contributed by atoms with Crippen LogP contribution in [0.5, 0.6) is 0 Å². The van der Waals surface area contributed by atoms with E-state index < -0.39 is 5.41 Å². The van der Waals surface area contributed by atoms with E-state index in [0.717, 1.165) is 19.3 Å². The standard InChI is InChI=1S/C15H22O4/c1-4-15(2,3)14(17)18-11-7-5-10-6-8-13(16)19-12(10)9-11/h6,8,10-12H,4-5,7,9H2,1-3H3. The van der Waals surface area contributed by atoms with E-state index in [0.29, 0.717) is 6.42 Å². The van der Waals surface area contributed by atoms with Gasteiger partial charge in [-0.25, -0.2) is 4.79 Å². The lowest BCUT2D eigenvalue weighted by molar-refractivity contribution is -0.167. The summed E-state index contributed by atoms with van der Waals surface area (Å²) in [5, 5.41) is 0. The zero-order chi connectivity index (χ0) is 14.0. The van der Waals surface area contributed by atoms with E-state index in [1.54, 1.807) is 0 Å². The molecule has 1 aliphatic carbocycles. The van der Waals surface area contributed by atoms with Crippen LogP contribution in [0.15, 0.2) is 12.2 Å². The minimum absolute atomic E-state index is 0.126. The van der Waals surface area contributed by atoms with E-state index in [4.69, 9.17) is 9.47 Å². The van der Waals surface area contributed by atoms with Crippen molar-refractivity contribution in [2.24, 2.45) is 11.3 Å². The van der Waals surface area contributed by atoms with Gasteiger partial charge in [0.2, 0.25) is 0 Å². The molecule has 4 nitrogen and oxygen atoms in total. The Balaban J connectivity index is 1.93. The molecule has 0 aromatic rings. The van der Waals surface area contributed by atoms with Gasteiger partial charge in [-0.05, 0) is 33.1 Å². The van der Waals surface area contributed by atoms with E-state index in [2.05, 4.69) is 0 Å². The molecule has 0 aromatic heterocycles. The Kier molecular flexibility index (Phi) is 3.97. The Morgan fingerprint density at radius 3 is 2.89 bits per heavy atom. The van der Waals surface area contributed by atoms with Crippen LogP contribution in [-0.2, 0) is 19.1 Å². The molecule has 1 fully saturated rings. The molecule has 1 aliphatic heterocycles. The van der Waals surface area contributed by atoms with Gasteiger partial charge in [-0.3, -0.25) is 4.79 Å². The highest BCUT2D eigenvalue weighted by Gasteiger charge is 2.37. The average molecular weight is 266 g/mol. The molecule has 2 aliphatic rings. The zero-order valence-electron chi connectivity index (χ0n) is 11.8. The summed E-state index contributed by atoms with van der Waals surface area (Å²) in [7, 11) is 0. The molecule has 0 bridgehead atoms. The maximum absolute atomic E-state index is 12.0. The second-order valence-corrected chi connectivity index (χ2v) is 6.08. The third-order valence-corrected chi connectivity index (χ3v) is 4.25. The van der Waals surface area contributed by atoms with E-state index in [9.17, 15) is 9.59 Å². The first-order valence-corrected chi connectivity index (χ1v) is 7.02. The smallest absolute Gasteiger partial charge is 0.330 e. The van der Waals surface area contributed by atoms with Crippen LogP contribution in [0.2, 0.25) is 0 Å². The van der Waals surface area contributed by atoms with Gasteiger partial charge in [0.25, 0.3) is 0 Å². The first-order valence-electron chi connectivity index (χ1n) is 7.02. The van der Waals surface area contributed by atoms with Gasteiger partial charge in [-0.1, -0.05) is 13.0 Å². The van der Waals surface area contributed by atoms with E-state index in [1.807, 2.05) is 26.8 Å². The highest BCUT2D eigenvalue weighted by atomic mass is 16.6. The van der Waals surface area contributed by atoms with Crippen molar-refractivity contribution in [3.63, 3.8) is 0 Å². The molecule has 0 saturated heterocycles. The van der Waals surface area contributed by atoms with Crippen molar-refractivity contribution in [1.82, 2.24) is 0 Å². The largest absolute Gasteiger partial charge is 0.462 e. The molecule has 3 unspecified atom stereocenters. The maximum atomic E-state index is 12.0. The monoisotopic (exact) mass is 266 g/mol. The van der Waals surface area contributed by atoms with Crippen molar-refractivity contribution in [2.75, 3.05) is 0 Å². The number of rotatable bonds is 3. The van der Waals surface area contributed by atoms with Gasteiger partial charge in [0.05, 0.1) is 5.41 Å². The van der Waals surface area contributed by atoms with Gasteiger partial charge in [-0.15, -0.1) is 0 Å². The second-order valence-electron chi connectivity index (χ2n) is 6.08. The predicted molar refractivity (Wildman–Crippen MR) is 70.3 cm³/mol. The second kappa shape index (κ2) is 5.35. The van der Waals surface area contributed by atoms with E-state index in [1.165, 1.54) is 6.08 Å². The fraction of sp³-hybridized carbons (Fsp3) is 0.733. The number of hydrogen-bond acceptors (Lipinski definition) is 4. The summed E-state index contributed by atoms with van der Waals surface area (Å²) in [6, 6.07) is 0. The van der Waals surface area contributed by atoms with Gasteiger partial charge in [0, 0.05) is 18.4 Å². The van der Waals surface area contributed by atoms with Crippen LogP contribution < -0.4 is 0 Å². The average Bonchev–Trinajstić information content (AvgIpc) is 2.38. The summed E-state index contributed by atoms with van der Waals surface area (Å²) in [6.07, 6.45) is 6.27. The summed E-state index contributed by atoms with van der Waals surface area (Å²) in [6.45, 7) is 5.76. The van der Waals surface area contributed by atoms with Crippen LogP contribution in [0.25, 0.3) is 0 Å². The topological polar surface area (TPSA) is 52.6 Å². The summed E-state index contributed by atoms with van der Waals surface area (Å²) in [4.78, 5) is 23.3. The lowest BCUT2D eigenvalue weighted by Gasteiger charge is -2.36. The molecule has 0 aromatic carbocycles. The fourth-order valence-electron chi connectivity index (χ4n) is 2.42. The quantitative estimate of drug-likeness (QED) is 0.737. The fourth-order valence-corrected chi connectivity index (χ4v) is 2.42. The van der Waals surface area contributed by atoms with Gasteiger partial charge in [0.1, 0.15) is 12.2 Å². The number of carbonyl (C=O) groups is 2. The highest BCUT2D eigenvalue weighted by molar-refractivity contribution is 5.83. The Bertz CT molecular complexity index is 397. The number of fused-ring (bicyclic) bond motifs is 1.